The van der Waals surface area contributed by atoms with E-state index < -0.39 is 54.6 Å². The number of aliphatic hydroxyl groups excluding tert-OH is 2. The summed E-state index contributed by atoms with van der Waals surface area (Å²) in [5, 5.41) is 20.9. The fraction of sp³-hybridized carbons (Fsp3) is 0.278. The van der Waals surface area contributed by atoms with Crippen molar-refractivity contribution in [1.29, 1.82) is 0 Å². The third-order valence-electron chi connectivity index (χ3n) is 4.97. The molecule has 2 unspecified atom stereocenters. The second-order valence-electron chi connectivity index (χ2n) is 7.81. The number of nitrogens with two attached hydrogens (primary N) is 1. The van der Waals surface area contributed by atoms with Gasteiger partial charge in [-0.2, -0.15) is 8.62 Å². The number of phosphoric ester groups is 1. The summed E-state index contributed by atoms with van der Waals surface area (Å²) in [6.45, 7) is -0.990. The molecule has 210 valence electrons. The van der Waals surface area contributed by atoms with E-state index >= 15 is 0 Å². The van der Waals surface area contributed by atoms with Gasteiger partial charge < -0.3 is 40.3 Å². The van der Waals surface area contributed by atoms with Crippen LogP contribution in [0.1, 0.15) is 17.6 Å². The highest BCUT2D eigenvalue weighted by atomic mass is 31.3. The molecule has 21 heteroatoms. The van der Waals surface area contributed by atoms with Crippen LogP contribution in [0.3, 0.4) is 0 Å². The Kier molecular flexibility index (Phi) is 8.39. The van der Waals surface area contributed by atoms with E-state index in [1.54, 1.807) is 24.3 Å². The molecule has 0 amide bonds. The number of anilines is 1. The van der Waals surface area contributed by atoms with E-state index in [0.29, 0.717) is 5.56 Å². The third kappa shape index (κ3) is 7.34. The van der Waals surface area contributed by atoms with Gasteiger partial charge in [0.05, 0.1) is 12.9 Å². The van der Waals surface area contributed by atoms with Gasteiger partial charge in [-0.15, -0.1) is 0 Å². The molecular formula is C18H20N5O13P3. The number of hydrogen-bond acceptors (Lipinski definition) is 13. The Morgan fingerprint density at radius 3 is 2.33 bits per heavy atom. The smallest absolute Gasteiger partial charge is 0.387 e. The Balaban J connectivity index is 1.51. The average molecular weight is 607 g/mol. The van der Waals surface area contributed by atoms with E-state index in [0.717, 1.165) is 0 Å². The first-order valence-electron chi connectivity index (χ1n) is 10.5. The molecule has 0 bridgehead atoms. The van der Waals surface area contributed by atoms with Crippen LogP contribution in [0.25, 0.3) is 11.2 Å². The minimum absolute atomic E-state index is 0.0165. The van der Waals surface area contributed by atoms with Crippen LogP contribution >= 0.6 is 23.5 Å². The van der Waals surface area contributed by atoms with Crippen molar-refractivity contribution in [3.63, 3.8) is 0 Å². The second-order valence-corrected chi connectivity index (χ2v) is 12.2. The number of hydrogen-bond donors (Lipinski definition) is 7. The van der Waals surface area contributed by atoms with Gasteiger partial charge in [-0.25, -0.2) is 28.6 Å². The van der Waals surface area contributed by atoms with Crippen LogP contribution in [0, 0.1) is 11.8 Å². The minimum Gasteiger partial charge on any atom is -0.387 e. The van der Waals surface area contributed by atoms with Crippen LogP contribution in [0.15, 0.2) is 36.7 Å². The predicted molar refractivity (Wildman–Crippen MR) is 128 cm³/mol. The lowest BCUT2D eigenvalue weighted by atomic mass is 10.1. The summed E-state index contributed by atoms with van der Waals surface area (Å²) >= 11 is 0. The number of phosphoric acid groups is 3. The molecule has 0 saturated carbocycles. The van der Waals surface area contributed by atoms with E-state index in [1.165, 1.54) is 10.9 Å². The molecular weight excluding hydrogens is 587 g/mol. The highest BCUT2D eigenvalue weighted by Crippen LogP contribution is 2.66. The van der Waals surface area contributed by atoms with Crippen molar-refractivity contribution >= 4 is 40.4 Å². The first kappa shape index (κ1) is 29.4. The topological polar surface area (TPSA) is 279 Å². The predicted octanol–water partition coefficient (Wildman–Crippen LogP) is -0.229. The maximum absolute atomic E-state index is 12.0. The molecule has 1 aliphatic rings. The van der Waals surface area contributed by atoms with Gasteiger partial charge >= 0.3 is 23.5 Å². The van der Waals surface area contributed by atoms with Gasteiger partial charge in [0.1, 0.15) is 23.8 Å². The maximum atomic E-state index is 12.0. The monoisotopic (exact) mass is 607 g/mol. The van der Waals surface area contributed by atoms with Gasteiger partial charge in [-0.05, 0) is 18.1 Å². The Labute approximate surface area is 218 Å². The van der Waals surface area contributed by atoms with E-state index in [-0.39, 0.29) is 22.8 Å². The van der Waals surface area contributed by atoms with E-state index in [4.69, 9.17) is 20.3 Å². The van der Waals surface area contributed by atoms with Gasteiger partial charge in [0.2, 0.25) is 5.82 Å². The van der Waals surface area contributed by atoms with Crippen molar-refractivity contribution in [1.82, 2.24) is 19.5 Å². The summed E-state index contributed by atoms with van der Waals surface area (Å²) in [5.41, 5.74) is 6.85. The Morgan fingerprint density at radius 2 is 1.67 bits per heavy atom. The lowest BCUT2D eigenvalue weighted by Gasteiger charge is -2.19. The Morgan fingerprint density at radius 1 is 0.974 bits per heavy atom. The minimum atomic E-state index is -5.74. The summed E-state index contributed by atoms with van der Waals surface area (Å²) in [6.07, 6.45) is -5.08. The summed E-state index contributed by atoms with van der Waals surface area (Å²) in [7, 11) is -16.8. The number of aromatic nitrogens is 4. The molecule has 1 aromatic carbocycles. The van der Waals surface area contributed by atoms with Gasteiger partial charge in [0.15, 0.2) is 17.7 Å². The number of fused-ring (bicyclic) bond motifs is 1. The van der Waals surface area contributed by atoms with Gasteiger partial charge in [0.25, 0.3) is 0 Å². The second kappa shape index (κ2) is 11.1. The van der Waals surface area contributed by atoms with Crippen LogP contribution in [0.4, 0.5) is 5.82 Å². The molecule has 6 atom stereocenters. The van der Waals surface area contributed by atoms with Crippen molar-refractivity contribution in [2.45, 2.75) is 24.5 Å². The van der Waals surface area contributed by atoms with Gasteiger partial charge in [0, 0.05) is 5.56 Å². The number of nitrogens with zero attached hydrogens (tertiary/aromatic N) is 4. The average Bonchev–Trinajstić information content (AvgIpc) is 3.36. The Hall–Kier alpha value is -2.58. The maximum Gasteiger partial charge on any atom is 0.490 e. The standard InChI is InChI=1S/C18H20N5O13P3/c19-16-13-17(22-12(21-16)7-6-10-4-2-1-3-5-10)23(9-20-13)18-15(25)14(24)11(34-18)8-33-38(29,30)36-39(31,32)35-37(26,27)28/h1-5,9,11,14-15,18,24-25H,8H2,(H,29,30)(H,31,32)(H2,19,21,22)(H2,26,27,28)/t11-,14-,15-,18-/m1/s1. The highest BCUT2D eigenvalue weighted by molar-refractivity contribution is 7.66. The first-order valence-corrected chi connectivity index (χ1v) is 15.0. The number of rotatable bonds is 8. The zero-order valence-corrected chi connectivity index (χ0v) is 21.9. The lowest BCUT2D eigenvalue weighted by Crippen LogP contribution is -2.33. The number of nitrogen functional groups attached to an aromatic ring is 1. The molecule has 1 saturated heterocycles. The lowest BCUT2D eigenvalue weighted by molar-refractivity contribution is -0.0503. The fourth-order valence-electron chi connectivity index (χ4n) is 3.40. The van der Waals surface area contributed by atoms with Crippen molar-refractivity contribution in [2.24, 2.45) is 0 Å². The number of ether oxygens (including phenoxy) is 1. The number of benzene rings is 1. The molecule has 0 aliphatic carbocycles. The van der Waals surface area contributed by atoms with Crippen LogP contribution in [0.2, 0.25) is 0 Å². The Bertz CT molecular complexity index is 1570. The SMILES string of the molecule is Nc1nc(C#Cc2ccccc2)nc2c1ncn2[C@@H]1O[C@H](COP(=O)(O)OP(=O)(O)OP(=O)(O)O)[C@@H](O)[C@H]1O. The zero-order valence-electron chi connectivity index (χ0n) is 19.2. The summed E-state index contributed by atoms with van der Waals surface area (Å²) in [5.74, 6) is 5.61. The third-order valence-corrected chi connectivity index (χ3v) is 8.77. The van der Waals surface area contributed by atoms with E-state index in [1.807, 2.05) is 6.07 Å². The van der Waals surface area contributed by atoms with Crippen molar-refractivity contribution in [2.75, 3.05) is 12.3 Å². The first-order chi connectivity index (χ1) is 18.1. The van der Waals surface area contributed by atoms with Crippen molar-refractivity contribution in [3.8, 4) is 11.8 Å². The summed E-state index contributed by atoms with van der Waals surface area (Å²) in [6, 6.07) is 8.95. The summed E-state index contributed by atoms with van der Waals surface area (Å²) < 4.78 is 52.6. The van der Waals surface area contributed by atoms with E-state index in [2.05, 4.69) is 39.9 Å². The van der Waals surface area contributed by atoms with Gasteiger partial charge in [-0.3, -0.25) is 9.09 Å². The zero-order chi connectivity index (χ0) is 28.6. The molecule has 8 N–H and O–H groups in total. The molecule has 4 rings (SSSR count). The molecule has 1 fully saturated rings. The van der Waals surface area contributed by atoms with Gasteiger partial charge in [-0.1, -0.05) is 24.1 Å². The molecule has 2 aromatic heterocycles. The normalized spacial score (nSPS) is 24.6. The van der Waals surface area contributed by atoms with Crippen molar-refractivity contribution in [3.05, 3.63) is 48.0 Å². The highest BCUT2D eigenvalue weighted by Gasteiger charge is 2.47. The molecule has 1 aliphatic heterocycles. The molecule has 18 nitrogen and oxygen atoms in total. The molecule has 3 aromatic rings. The fourth-order valence-corrected chi connectivity index (χ4v) is 6.43. The van der Waals surface area contributed by atoms with E-state index in [9.17, 15) is 33.7 Å². The van der Waals surface area contributed by atoms with Crippen LogP contribution in [-0.2, 0) is 31.6 Å². The molecule has 0 radical (unpaired) electrons. The molecule has 3 heterocycles. The molecule has 39 heavy (non-hydrogen) atoms. The number of imidazole rings is 1. The summed E-state index contributed by atoms with van der Waals surface area (Å²) in [4.78, 5) is 48.5. The van der Waals surface area contributed by atoms with Crippen LogP contribution in [0.5, 0.6) is 0 Å². The van der Waals surface area contributed by atoms with Crippen LogP contribution in [-0.4, -0.2) is 74.2 Å². The largest absolute Gasteiger partial charge is 0.490 e. The van der Waals surface area contributed by atoms with Crippen LogP contribution < -0.4 is 5.73 Å². The van der Waals surface area contributed by atoms with Crippen molar-refractivity contribution < 1.29 is 61.4 Å². The number of aliphatic hydroxyl groups is 2. The molecule has 0 spiro atoms. The quantitative estimate of drug-likeness (QED) is 0.129.